The van der Waals surface area contributed by atoms with Gasteiger partial charge in [0.05, 0.1) is 5.69 Å². The number of hydrogen-bond donors (Lipinski definition) is 3. The highest BCUT2D eigenvalue weighted by molar-refractivity contribution is 7.82. The van der Waals surface area contributed by atoms with Crippen LogP contribution >= 0.6 is 12.2 Å². The van der Waals surface area contributed by atoms with Crippen LogP contribution < -0.4 is 16.9 Å². The number of hydrogen-bond acceptors (Lipinski definition) is 5. The molecule has 0 atom stereocenters. The summed E-state index contributed by atoms with van der Waals surface area (Å²) in [4.78, 5) is 25.1. The Morgan fingerprint density at radius 3 is 2.22 bits per heavy atom. The first kappa shape index (κ1) is 16.9. The first-order valence-corrected chi connectivity index (χ1v) is 7.72. The Labute approximate surface area is 139 Å². The molecule has 1 aliphatic heterocycles. The second kappa shape index (κ2) is 7.68. The molecular weight excluding hydrogens is 314 g/mol. The Hall–Kier alpha value is -2.48. The SMILES string of the molecule is NC(=O)c1ccc(NN=C(C(=O)N2CCCCC2)C(N)=S)cc1. The van der Waals surface area contributed by atoms with Crippen LogP contribution in [0, 0.1) is 0 Å². The van der Waals surface area contributed by atoms with E-state index in [-0.39, 0.29) is 16.6 Å². The standard InChI is InChI=1S/C15H19N5O2S/c16-13(21)10-4-6-11(7-5-10)18-19-12(14(17)23)15(22)20-8-2-1-3-9-20/h4-7,18H,1-3,8-9H2,(H2,16,21)(H2,17,23). The molecule has 1 heterocycles. The number of thiocarbonyl (C=S) groups is 1. The highest BCUT2D eigenvalue weighted by atomic mass is 32.1. The van der Waals surface area contributed by atoms with Crippen molar-refractivity contribution in [3.8, 4) is 0 Å². The molecule has 23 heavy (non-hydrogen) atoms. The second-order valence-corrected chi connectivity index (χ2v) is 5.67. The van der Waals surface area contributed by atoms with Gasteiger partial charge in [-0.15, -0.1) is 0 Å². The van der Waals surface area contributed by atoms with Crippen LogP contribution in [0.15, 0.2) is 29.4 Å². The summed E-state index contributed by atoms with van der Waals surface area (Å²) in [6.45, 7) is 1.38. The molecule has 1 saturated heterocycles. The van der Waals surface area contributed by atoms with E-state index in [0.717, 1.165) is 19.3 Å². The van der Waals surface area contributed by atoms with Crippen molar-refractivity contribution < 1.29 is 9.59 Å². The van der Waals surface area contributed by atoms with Crippen molar-refractivity contribution in [2.24, 2.45) is 16.6 Å². The quantitative estimate of drug-likeness (QED) is 0.420. The molecule has 0 unspecified atom stereocenters. The van der Waals surface area contributed by atoms with E-state index in [1.165, 1.54) is 0 Å². The molecule has 0 saturated carbocycles. The summed E-state index contributed by atoms with van der Waals surface area (Å²) in [6.07, 6.45) is 3.06. The minimum absolute atomic E-state index is 0.0286. The minimum atomic E-state index is -0.510. The zero-order chi connectivity index (χ0) is 16.8. The van der Waals surface area contributed by atoms with Gasteiger partial charge in [-0.1, -0.05) is 12.2 Å². The molecular formula is C15H19N5O2S. The summed E-state index contributed by atoms with van der Waals surface area (Å²) >= 11 is 4.93. The smallest absolute Gasteiger partial charge is 0.277 e. The van der Waals surface area contributed by atoms with Gasteiger partial charge in [-0.3, -0.25) is 15.0 Å². The predicted octanol–water partition coefficient (Wildman–Crippen LogP) is 0.852. The predicted molar refractivity (Wildman–Crippen MR) is 93.2 cm³/mol. The highest BCUT2D eigenvalue weighted by Gasteiger charge is 2.23. The number of carbonyl (C=O) groups is 2. The van der Waals surface area contributed by atoms with Crippen molar-refractivity contribution >= 4 is 40.4 Å². The van der Waals surface area contributed by atoms with E-state index in [9.17, 15) is 9.59 Å². The third kappa shape index (κ3) is 4.49. The normalized spacial score (nSPS) is 15.1. The zero-order valence-corrected chi connectivity index (χ0v) is 13.4. The van der Waals surface area contributed by atoms with E-state index < -0.39 is 5.91 Å². The number of hydrazone groups is 1. The summed E-state index contributed by atoms with van der Waals surface area (Å²) < 4.78 is 0. The number of piperidine rings is 1. The molecule has 1 fully saturated rings. The average molecular weight is 333 g/mol. The van der Waals surface area contributed by atoms with Crippen molar-refractivity contribution in [3.05, 3.63) is 29.8 Å². The van der Waals surface area contributed by atoms with E-state index in [0.29, 0.717) is 24.3 Å². The number of carbonyl (C=O) groups excluding carboxylic acids is 2. The van der Waals surface area contributed by atoms with Gasteiger partial charge in [0, 0.05) is 18.7 Å². The maximum atomic E-state index is 12.4. The average Bonchev–Trinajstić information content (AvgIpc) is 2.55. The van der Waals surface area contributed by atoms with Gasteiger partial charge < -0.3 is 16.4 Å². The van der Waals surface area contributed by atoms with E-state index >= 15 is 0 Å². The number of nitrogens with one attached hydrogen (secondary N) is 1. The Morgan fingerprint density at radius 2 is 1.70 bits per heavy atom. The Kier molecular flexibility index (Phi) is 5.64. The number of rotatable bonds is 5. The van der Waals surface area contributed by atoms with Gasteiger partial charge in [0.15, 0.2) is 5.71 Å². The fourth-order valence-electron chi connectivity index (χ4n) is 2.28. The molecule has 5 N–H and O–H groups in total. The Morgan fingerprint density at radius 1 is 1.09 bits per heavy atom. The summed E-state index contributed by atoms with van der Waals surface area (Å²) in [7, 11) is 0. The van der Waals surface area contributed by atoms with Crippen LogP contribution in [0.3, 0.4) is 0 Å². The van der Waals surface area contributed by atoms with Gasteiger partial charge in [-0.25, -0.2) is 0 Å². The van der Waals surface area contributed by atoms with Crippen molar-refractivity contribution in [1.29, 1.82) is 0 Å². The van der Waals surface area contributed by atoms with Gasteiger partial charge in [-0.05, 0) is 43.5 Å². The lowest BCUT2D eigenvalue weighted by molar-refractivity contribution is -0.124. The van der Waals surface area contributed by atoms with Crippen LogP contribution in [-0.2, 0) is 4.79 Å². The third-order valence-corrected chi connectivity index (χ3v) is 3.74. The van der Waals surface area contributed by atoms with E-state index in [2.05, 4.69) is 10.5 Å². The van der Waals surface area contributed by atoms with Crippen LogP contribution in [0.1, 0.15) is 29.6 Å². The molecule has 0 radical (unpaired) electrons. The monoisotopic (exact) mass is 333 g/mol. The summed E-state index contributed by atoms with van der Waals surface area (Å²) in [5.41, 5.74) is 14.5. The second-order valence-electron chi connectivity index (χ2n) is 5.23. The van der Waals surface area contributed by atoms with Crippen LogP contribution in [0.5, 0.6) is 0 Å². The summed E-state index contributed by atoms with van der Waals surface area (Å²) in [5.74, 6) is -0.775. The number of amides is 2. The molecule has 0 aliphatic carbocycles. The van der Waals surface area contributed by atoms with E-state index in [1.807, 2.05) is 0 Å². The van der Waals surface area contributed by atoms with Crippen LogP contribution in [-0.4, -0.2) is 40.5 Å². The molecule has 7 nitrogen and oxygen atoms in total. The minimum Gasteiger partial charge on any atom is -0.388 e. The first-order valence-electron chi connectivity index (χ1n) is 7.31. The van der Waals surface area contributed by atoms with E-state index in [1.54, 1.807) is 29.2 Å². The maximum absolute atomic E-state index is 12.4. The van der Waals surface area contributed by atoms with Crippen molar-refractivity contribution in [3.63, 3.8) is 0 Å². The number of primary amides is 1. The number of anilines is 1. The molecule has 1 aromatic carbocycles. The molecule has 2 amide bonds. The highest BCUT2D eigenvalue weighted by Crippen LogP contribution is 2.11. The zero-order valence-electron chi connectivity index (χ0n) is 12.6. The number of likely N-dealkylation sites (tertiary alicyclic amines) is 1. The van der Waals surface area contributed by atoms with Gasteiger partial charge >= 0.3 is 0 Å². The lowest BCUT2D eigenvalue weighted by Gasteiger charge is -2.26. The molecule has 0 aromatic heterocycles. The molecule has 1 aliphatic rings. The Balaban J connectivity index is 2.10. The third-order valence-electron chi connectivity index (χ3n) is 3.55. The van der Waals surface area contributed by atoms with Crippen LogP contribution in [0.2, 0.25) is 0 Å². The molecule has 0 spiro atoms. The maximum Gasteiger partial charge on any atom is 0.277 e. The molecule has 2 rings (SSSR count). The topological polar surface area (TPSA) is 114 Å². The number of nitrogens with zero attached hydrogens (tertiary/aromatic N) is 2. The Bertz CT molecular complexity index is 636. The van der Waals surface area contributed by atoms with Gasteiger partial charge in [-0.2, -0.15) is 5.10 Å². The van der Waals surface area contributed by atoms with Gasteiger partial charge in [0.1, 0.15) is 4.99 Å². The van der Waals surface area contributed by atoms with Gasteiger partial charge in [0.2, 0.25) is 5.91 Å². The largest absolute Gasteiger partial charge is 0.388 e. The molecule has 1 aromatic rings. The number of benzene rings is 1. The van der Waals surface area contributed by atoms with Crippen molar-refractivity contribution in [2.75, 3.05) is 18.5 Å². The fourth-order valence-corrected chi connectivity index (χ4v) is 2.42. The van der Waals surface area contributed by atoms with Gasteiger partial charge in [0.25, 0.3) is 5.91 Å². The molecule has 0 bridgehead atoms. The van der Waals surface area contributed by atoms with E-state index in [4.69, 9.17) is 23.7 Å². The molecule has 122 valence electrons. The van der Waals surface area contributed by atoms with Crippen LogP contribution in [0.25, 0.3) is 0 Å². The number of nitrogens with two attached hydrogens (primary N) is 2. The fraction of sp³-hybridized carbons (Fsp3) is 0.333. The summed E-state index contributed by atoms with van der Waals surface area (Å²) in [5, 5.41) is 4.04. The lowest BCUT2D eigenvalue weighted by Crippen LogP contribution is -2.44. The molecule has 8 heteroatoms. The summed E-state index contributed by atoms with van der Waals surface area (Å²) in [6, 6.07) is 6.39. The van der Waals surface area contributed by atoms with Crippen molar-refractivity contribution in [2.45, 2.75) is 19.3 Å². The lowest BCUT2D eigenvalue weighted by atomic mass is 10.1. The van der Waals surface area contributed by atoms with Crippen molar-refractivity contribution in [1.82, 2.24) is 4.90 Å². The first-order chi connectivity index (χ1) is 11.0. The van der Waals surface area contributed by atoms with Crippen LogP contribution in [0.4, 0.5) is 5.69 Å².